The van der Waals surface area contributed by atoms with Gasteiger partial charge in [0, 0.05) is 6.20 Å². The molecule has 2 nitrogen and oxygen atoms in total. The second-order valence-corrected chi connectivity index (χ2v) is 3.81. The predicted molar refractivity (Wildman–Crippen MR) is 57.5 cm³/mol. The normalized spacial score (nSPS) is 10.6. The fourth-order valence-electron chi connectivity index (χ4n) is 1.38. The van der Waals surface area contributed by atoms with Crippen molar-refractivity contribution >= 4 is 11.6 Å². The zero-order valence-corrected chi connectivity index (χ0v) is 9.00. The van der Waals surface area contributed by atoms with Crippen molar-refractivity contribution in [3.05, 3.63) is 52.6 Å². The summed E-state index contributed by atoms with van der Waals surface area (Å²) >= 11 is 5.59. The third-order valence-electron chi connectivity index (χ3n) is 2.10. The van der Waals surface area contributed by atoms with Crippen LogP contribution >= 0.6 is 11.6 Å². The molecule has 0 saturated heterocycles. The molecule has 1 heterocycles. The molecular weight excluding hydrogens is 215 g/mol. The quantitative estimate of drug-likeness (QED) is 0.767. The summed E-state index contributed by atoms with van der Waals surface area (Å²) in [6.45, 7) is 2.47. The largest absolute Gasteiger partial charge is 0.268 e. The highest BCUT2D eigenvalue weighted by atomic mass is 35.5. The van der Waals surface area contributed by atoms with Crippen molar-refractivity contribution in [2.45, 2.75) is 13.5 Å². The molecule has 0 aliphatic carbocycles. The topological polar surface area (TPSA) is 17.8 Å². The lowest BCUT2D eigenvalue weighted by Gasteiger charge is -2.02. The first-order valence-electron chi connectivity index (χ1n) is 4.59. The molecule has 0 aliphatic rings. The van der Waals surface area contributed by atoms with Gasteiger partial charge >= 0.3 is 0 Å². The summed E-state index contributed by atoms with van der Waals surface area (Å²) in [7, 11) is 0. The fraction of sp³-hybridized carbons (Fsp3) is 0.182. The maximum absolute atomic E-state index is 13.1. The molecular formula is C11H10ClFN2. The lowest BCUT2D eigenvalue weighted by Crippen LogP contribution is -2.00. The molecule has 78 valence electrons. The summed E-state index contributed by atoms with van der Waals surface area (Å²) in [4.78, 5) is 0. The van der Waals surface area contributed by atoms with Crippen LogP contribution in [0.5, 0.6) is 0 Å². The average Bonchev–Trinajstić information content (AvgIpc) is 2.58. The summed E-state index contributed by atoms with van der Waals surface area (Å²) in [6.07, 6.45) is 1.86. The van der Waals surface area contributed by atoms with E-state index in [1.165, 1.54) is 6.07 Å². The number of hydrogen-bond acceptors (Lipinski definition) is 1. The van der Waals surface area contributed by atoms with Crippen LogP contribution in [0.2, 0.25) is 5.02 Å². The second kappa shape index (κ2) is 4.03. The molecule has 4 heteroatoms. The van der Waals surface area contributed by atoms with Crippen molar-refractivity contribution in [3.8, 4) is 0 Å². The van der Waals surface area contributed by atoms with Gasteiger partial charge in [-0.05, 0) is 30.7 Å². The lowest BCUT2D eigenvalue weighted by molar-refractivity contribution is 0.619. The molecule has 2 rings (SSSR count). The van der Waals surface area contributed by atoms with Crippen LogP contribution in [-0.2, 0) is 6.54 Å². The molecule has 15 heavy (non-hydrogen) atoms. The maximum Gasteiger partial charge on any atom is 0.142 e. The standard InChI is InChI=1S/C11H10ClFN2/c1-8-4-5-15(14-8)7-9-2-3-10(12)11(13)6-9/h2-6H,7H2,1H3. The molecule has 1 aromatic heterocycles. The van der Waals surface area contributed by atoms with Crippen molar-refractivity contribution < 1.29 is 4.39 Å². The molecule has 0 saturated carbocycles. The van der Waals surface area contributed by atoms with Crippen LogP contribution in [0.1, 0.15) is 11.3 Å². The van der Waals surface area contributed by atoms with E-state index in [0.717, 1.165) is 11.3 Å². The molecule has 0 N–H and O–H groups in total. The zero-order chi connectivity index (χ0) is 10.8. The van der Waals surface area contributed by atoms with Gasteiger partial charge in [-0.3, -0.25) is 4.68 Å². The molecule has 0 amide bonds. The fourth-order valence-corrected chi connectivity index (χ4v) is 1.49. The van der Waals surface area contributed by atoms with Gasteiger partial charge in [0.25, 0.3) is 0 Å². The minimum Gasteiger partial charge on any atom is -0.268 e. The number of aryl methyl sites for hydroxylation is 1. The van der Waals surface area contributed by atoms with Crippen molar-refractivity contribution in [2.24, 2.45) is 0 Å². The monoisotopic (exact) mass is 224 g/mol. The van der Waals surface area contributed by atoms with E-state index < -0.39 is 5.82 Å². The van der Waals surface area contributed by atoms with Crippen molar-refractivity contribution in [1.82, 2.24) is 9.78 Å². The molecule has 0 unspecified atom stereocenters. The Labute approximate surface area is 92.3 Å². The van der Waals surface area contributed by atoms with Gasteiger partial charge in [-0.1, -0.05) is 17.7 Å². The van der Waals surface area contributed by atoms with Crippen molar-refractivity contribution in [3.63, 3.8) is 0 Å². The summed E-state index contributed by atoms with van der Waals surface area (Å²) in [5, 5.41) is 4.37. The highest BCUT2D eigenvalue weighted by Gasteiger charge is 2.02. The minimum atomic E-state index is -0.391. The smallest absolute Gasteiger partial charge is 0.142 e. The summed E-state index contributed by atoms with van der Waals surface area (Å²) < 4.78 is 14.9. The summed E-state index contributed by atoms with van der Waals surface area (Å²) in [6, 6.07) is 6.69. The molecule has 0 bridgehead atoms. The first kappa shape index (κ1) is 10.2. The van der Waals surface area contributed by atoms with Crippen LogP contribution in [0.3, 0.4) is 0 Å². The van der Waals surface area contributed by atoms with Crippen LogP contribution in [0.15, 0.2) is 30.5 Å². The van der Waals surface area contributed by atoms with Crippen molar-refractivity contribution in [1.29, 1.82) is 0 Å². The van der Waals surface area contributed by atoms with Crippen molar-refractivity contribution in [2.75, 3.05) is 0 Å². The van der Waals surface area contributed by atoms with E-state index >= 15 is 0 Å². The number of aromatic nitrogens is 2. The number of rotatable bonds is 2. The van der Waals surface area contributed by atoms with Crippen LogP contribution < -0.4 is 0 Å². The third kappa shape index (κ3) is 2.36. The van der Waals surface area contributed by atoms with Crippen LogP contribution in [0, 0.1) is 12.7 Å². The Morgan fingerprint density at radius 1 is 1.40 bits per heavy atom. The Balaban J connectivity index is 2.21. The molecule has 0 aliphatic heterocycles. The van der Waals surface area contributed by atoms with Gasteiger partial charge in [0.2, 0.25) is 0 Å². The molecule has 0 radical (unpaired) electrons. The molecule has 0 atom stereocenters. The Morgan fingerprint density at radius 2 is 2.20 bits per heavy atom. The number of hydrogen-bond donors (Lipinski definition) is 0. The minimum absolute atomic E-state index is 0.149. The first-order valence-corrected chi connectivity index (χ1v) is 4.97. The Morgan fingerprint density at radius 3 is 2.80 bits per heavy atom. The van der Waals surface area contributed by atoms with Gasteiger partial charge in [0.05, 0.1) is 17.3 Å². The molecule has 0 fully saturated rings. The van der Waals surface area contributed by atoms with Gasteiger partial charge in [-0.25, -0.2) is 4.39 Å². The van der Waals surface area contributed by atoms with Crippen LogP contribution in [0.4, 0.5) is 4.39 Å². The maximum atomic E-state index is 13.1. The zero-order valence-electron chi connectivity index (χ0n) is 8.24. The van der Waals surface area contributed by atoms with E-state index in [1.807, 2.05) is 19.2 Å². The van der Waals surface area contributed by atoms with Gasteiger partial charge in [0.1, 0.15) is 5.82 Å². The van der Waals surface area contributed by atoms with Crippen LogP contribution in [-0.4, -0.2) is 9.78 Å². The van der Waals surface area contributed by atoms with E-state index in [2.05, 4.69) is 5.10 Å². The SMILES string of the molecule is Cc1ccn(Cc2ccc(Cl)c(F)c2)n1. The molecule has 0 spiro atoms. The Hall–Kier alpha value is -1.35. The van der Waals surface area contributed by atoms with Crippen LogP contribution in [0.25, 0.3) is 0 Å². The van der Waals surface area contributed by atoms with E-state index in [0.29, 0.717) is 6.54 Å². The third-order valence-corrected chi connectivity index (χ3v) is 2.41. The van der Waals surface area contributed by atoms with E-state index in [9.17, 15) is 4.39 Å². The van der Waals surface area contributed by atoms with E-state index in [-0.39, 0.29) is 5.02 Å². The molecule has 1 aromatic carbocycles. The number of benzene rings is 1. The average molecular weight is 225 g/mol. The highest BCUT2D eigenvalue weighted by molar-refractivity contribution is 6.30. The first-order chi connectivity index (χ1) is 7.15. The van der Waals surface area contributed by atoms with Gasteiger partial charge in [0.15, 0.2) is 0 Å². The number of halogens is 2. The number of nitrogens with zero attached hydrogens (tertiary/aromatic N) is 2. The second-order valence-electron chi connectivity index (χ2n) is 3.40. The highest BCUT2D eigenvalue weighted by Crippen LogP contribution is 2.16. The van der Waals surface area contributed by atoms with Gasteiger partial charge < -0.3 is 0 Å². The Bertz CT molecular complexity index is 479. The lowest BCUT2D eigenvalue weighted by atomic mass is 10.2. The van der Waals surface area contributed by atoms with Gasteiger partial charge in [-0.2, -0.15) is 5.10 Å². The van der Waals surface area contributed by atoms with E-state index in [1.54, 1.807) is 16.8 Å². The van der Waals surface area contributed by atoms with E-state index in [4.69, 9.17) is 11.6 Å². The summed E-state index contributed by atoms with van der Waals surface area (Å²) in [5.74, 6) is -0.391. The molecule has 2 aromatic rings. The predicted octanol–water partition coefficient (Wildman–Crippen LogP) is 3.03. The van der Waals surface area contributed by atoms with Gasteiger partial charge in [-0.15, -0.1) is 0 Å². The summed E-state index contributed by atoms with van der Waals surface area (Å²) in [5.41, 5.74) is 1.80. The Kier molecular flexibility index (Phi) is 2.73.